The van der Waals surface area contributed by atoms with Crippen molar-refractivity contribution >= 4 is 5.91 Å². The first-order chi connectivity index (χ1) is 11.9. The molecule has 0 saturated heterocycles. The summed E-state index contributed by atoms with van der Waals surface area (Å²) in [6.45, 7) is 7.12. The third kappa shape index (κ3) is 4.13. The summed E-state index contributed by atoms with van der Waals surface area (Å²) in [7, 11) is 3.23. The molecule has 0 bridgehead atoms. The van der Waals surface area contributed by atoms with Gasteiger partial charge in [-0.05, 0) is 44.0 Å². The van der Waals surface area contributed by atoms with Crippen LogP contribution in [0.3, 0.4) is 0 Å². The Bertz CT molecular complexity index is 710. The fourth-order valence-electron chi connectivity index (χ4n) is 2.90. The first-order valence-corrected chi connectivity index (χ1v) is 8.49. The number of amides is 1. The summed E-state index contributed by atoms with van der Waals surface area (Å²) in [6.07, 6.45) is 0. The number of methoxy groups -OCH3 is 2. The lowest BCUT2D eigenvalue weighted by atomic mass is 9.83. The van der Waals surface area contributed by atoms with Gasteiger partial charge in [0, 0.05) is 13.1 Å². The monoisotopic (exact) mass is 341 g/mol. The Morgan fingerprint density at radius 3 is 2.20 bits per heavy atom. The second-order valence-corrected chi connectivity index (χ2v) is 6.50. The number of hydrogen-bond donors (Lipinski definition) is 0. The number of hydrogen-bond acceptors (Lipinski definition) is 3. The Hall–Kier alpha value is -2.49. The first-order valence-electron chi connectivity index (χ1n) is 8.49. The molecule has 134 valence electrons. The third-order valence-electron chi connectivity index (χ3n) is 4.52. The van der Waals surface area contributed by atoms with Gasteiger partial charge in [0.25, 0.3) is 0 Å². The number of likely N-dealkylation sites (N-methyl/N-ethyl adjacent to an activating group) is 1. The van der Waals surface area contributed by atoms with Gasteiger partial charge in [-0.3, -0.25) is 4.79 Å². The van der Waals surface area contributed by atoms with Gasteiger partial charge < -0.3 is 14.4 Å². The van der Waals surface area contributed by atoms with E-state index in [2.05, 4.69) is 0 Å². The molecule has 0 aliphatic heterocycles. The summed E-state index contributed by atoms with van der Waals surface area (Å²) < 4.78 is 10.6. The molecule has 0 aromatic heterocycles. The quantitative estimate of drug-likeness (QED) is 0.763. The highest BCUT2D eigenvalue weighted by Gasteiger charge is 2.33. The summed E-state index contributed by atoms with van der Waals surface area (Å²) in [5.41, 5.74) is 1.45. The maximum Gasteiger partial charge on any atom is 0.232 e. The molecule has 0 aliphatic rings. The fourth-order valence-corrected chi connectivity index (χ4v) is 2.90. The van der Waals surface area contributed by atoms with Gasteiger partial charge in [0.1, 0.15) is 0 Å². The molecular formula is C21H27NO3. The molecule has 0 atom stereocenters. The number of nitrogens with zero attached hydrogens (tertiary/aromatic N) is 1. The van der Waals surface area contributed by atoms with Crippen LogP contribution in [0.2, 0.25) is 0 Å². The largest absolute Gasteiger partial charge is 0.493 e. The van der Waals surface area contributed by atoms with Crippen LogP contribution in [0.15, 0.2) is 48.5 Å². The van der Waals surface area contributed by atoms with Gasteiger partial charge in [0.15, 0.2) is 11.5 Å². The fraction of sp³-hybridized carbons (Fsp3) is 0.381. The Labute approximate surface area is 150 Å². The van der Waals surface area contributed by atoms with Gasteiger partial charge in [0.2, 0.25) is 5.91 Å². The maximum absolute atomic E-state index is 13.1. The Kier molecular flexibility index (Phi) is 6.07. The summed E-state index contributed by atoms with van der Waals surface area (Å²) in [4.78, 5) is 15.0. The molecule has 0 unspecified atom stereocenters. The number of carbonyl (C=O) groups excluding carboxylic acids is 1. The van der Waals surface area contributed by atoms with Crippen LogP contribution in [0.4, 0.5) is 0 Å². The SMILES string of the molecule is CCN(Cc1ccc(OC)c(OC)c1)C(=O)C(C)(C)c1ccccc1. The molecule has 4 nitrogen and oxygen atoms in total. The Morgan fingerprint density at radius 1 is 1.00 bits per heavy atom. The van der Waals surface area contributed by atoms with E-state index < -0.39 is 5.41 Å². The van der Waals surface area contributed by atoms with Crippen LogP contribution in [-0.2, 0) is 16.8 Å². The average Bonchev–Trinajstić information content (AvgIpc) is 2.65. The van der Waals surface area contributed by atoms with E-state index in [0.717, 1.165) is 11.1 Å². The maximum atomic E-state index is 13.1. The molecule has 0 saturated carbocycles. The number of benzene rings is 2. The standard InChI is InChI=1S/C21H27NO3/c1-6-22(15-16-12-13-18(24-4)19(14-16)25-5)20(23)21(2,3)17-10-8-7-9-11-17/h7-14H,6,15H2,1-5H3. The zero-order valence-electron chi connectivity index (χ0n) is 15.7. The lowest BCUT2D eigenvalue weighted by Crippen LogP contribution is -2.43. The predicted octanol–water partition coefficient (Wildman–Crippen LogP) is 4.03. The van der Waals surface area contributed by atoms with E-state index in [0.29, 0.717) is 24.6 Å². The van der Waals surface area contributed by atoms with Gasteiger partial charge in [0.05, 0.1) is 19.6 Å². The van der Waals surface area contributed by atoms with E-state index in [1.165, 1.54) is 0 Å². The van der Waals surface area contributed by atoms with E-state index in [9.17, 15) is 4.79 Å². The van der Waals surface area contributed by atoms with Crippen molar-refractivity contribution in [1.82, 2.24) is 4.90 Å². The van der Waals surface area contributed by atoms with E-state index >= 15 is 0 Å². The Morgan fingerprint density at radius 2 is 1.64 bits per heavy atom. The van der Waals surface area contributed by atoms with Crippen LogP contribution in [0.25, 0.3) is 0 Å². The minimum Gasteiger partial charge on any atom is -0.493 e. The number of rotatable bonds is 7. The summed E-state index contributed by atoms with van der Waals surface area (Å²) in [6, 6.07) is 15.7. The van der Waals surface area contributed by atoms with Crippen molar-refractivity contribution in [3.05, 3.63) is 59.7 Å². The molecule has 4 heteroatoms. The molecule has 0 N–H and O–H groups in total. The predicted molar refractivity (Wildman–Crippen MR) is 100 cm³/mol. The van der Waals surface area contributed by atoms with Gasteiger partial charge in [-0.25, -0.2) is 0 Å². The highest BCUT2D eigenvalue weighted by molar-refractivity contribution is 5.87. The van der Waals surface area contributed by atoms with Crippen LogP contribution < -0.4 is 9.47 Å². The average molecular weight is 341 g/mol. The van der Waals surface area contributed by atoms with Crippen LogP contribution >= 0.6 is 0 Å². The highest BCUT2D eigenvalue weighted by atomic mass is 16.5. The number of ether oxygens (including phenoxy) is 2. The van der Waals surface area contributed by atoms with Crippen LogP contribution in [0, 0.1) is 0 Å². The second-order valence-electron chi connectivity index (χ2n) is 6.50. The highest BCUT2D eigenvalue weighted by Crippen LogP contribution is 2.30. The minimum absolute atomic E-state index is 0.107. The molecule has 0 aliphatic carbocycles. The third-order valence-corrected chi connectivity index (χ3v) is 4.52. The van der Waals surface area contributed by atoms with Gasteiger partial charge >= 0.3 is 0 Å². The minimum atomic E-state index is -0.576. The van der Waals surface area contributed by atoms with Crippen molar-refractivity contribution in [2.24, 2.45) is 0 Å². The number of carbonyl (C=O) groups is 1. The zero-order chi connectivity index (χ0) is 18.4. The smallest absolute Gasteiger partial charge is 0.232 e. The molecule has 2 aromatic rings. The molecule has 0 heterocycles. The van der Waals surface area contributed by atoms with Gasteiger partial charge in [-0.15, -0.1) is 0 Å². The summed E-state index contributed by atoms with van der Waals surface area (Å²) in [5.74, 6) is 1.46. The lowest BCUT2D eigenvalue weighted by molar-refractivity contribution is -0.136. The molecule has 2 rings (SSSR count). The Balaban J connectivity index is 2.23. The molecular weight excluding hydrogens is 314 g/mol. The second kappa shape index (κ2) is 8.06. The molecule has 0 fully saturated rings. The summed E-state index contributed by atoms with van der Waals surface area (Å²) >= 11 is 0. The van der Waals surface area contributed by atoms with Crippen molar-refractivity contribution in [1.29, 1.82) is 0 Å². The lowest BCUT2D eigenvalue weighted by Gasteiger charge is -2.32. The molecule has 2 aromatic carbocycles. The topological polar surface area (TPSA) is 38.8 Å². The van der Waals surface area contributed by atoms with Crippen molar-refractivity contribution in [2.45, 2.75) is 32.7 Å². The van der Waals surface area contributed by atoms with Crippen molar-refractivity contribution in [2.75, 3.05) is 20.8 Å². The van der Waals surface area contributed by atoms with Crippen LogP contribution in [0.1, 0.15) is 31.9 Å². The molecule has 25 heavy (non-hydrogen) atoms. The van der Waals surface area contributed by atoms with Crippen LogP contribution in [-0.4, -0.2) is 31.6 Å². The van der Waals surface area contributed by atoms with Crippen molar-refractivity contribution in [3.8, 4) is 11.5 Å². The normalized spacial score (nSPS) is 11.1. The molecule has 0 spiro atoms. The van der Waals surface area contributed by atoms with Gasteiger partial charge in [-0.2, -0.15) is 0 Å². The van der Waals surface area contributed by atoms with Crippen molar-refractivity contribution < 1.29 is 14.3 Å². The summed E-state index contributed by atoms with van der Waals surface area (Å²) in [5, 5.41) is 0. The van der Waals surface area contributed by atoms with E-state index in [4.69, 9.17) is 9.47 Å². The first kappa shape index (κ1) is 18.8. The van der Waals surface area contributed by atoms with Crippen LogP contribution in [0.5, 0.6) is 11.5 Å². The van der Waals surface area contributed by atoms with E-state index in [1.807, 2.05) is 74.2 Å². The van der Waals surface area contributed by atoms with E-state index in [1.54, 1.807) is 14.2 Å². The van der Waals surface area contributed by atoms with Crippen molar-refractivity contribution in [3.63, 3.8) is 0 Å². The van der Waals surface area contributed by atoms with Gasteiger partial charge in [-0.1, -0.05) is 36.4 Å². The molecule has 0 radical (unpaired) electrons. The van der Waals surface area contributed by atoms with E-state index in [-0.39, 0.29) is 5.91 Å². The molecule has 1 amide bonds. The zero-order valence-corrected chi connectivity index (χ0v) is 15.7.